The Hall–Kier alpha value is 0.440. The van der Waals surface area contributed by atoms with E-state index in [9.17, 15) is 0 Å². The number of hydrogen-bond acceptors (Lipinski definition) is 2. The molecule has 0 aromatic heterocycles. The maximum Gasteiger partial charge on any atom is 0.0795 e. The Balaban J connectivity index is 1.31. The minimum atomic E-state index is 0.467. The zero-order chi connectivity index (χ0) is 21.9. The molecule has 3 saturated carbocycles. The lowest BCUT2D eigenvalue weighted by Crippen LogP contribution is -2.51. The van der Waals surface area contributed by atoms with E-state index in [2.05, 4.69) is 64.2 Å². The Morgan fingerprint density at radius 3 is 2.42 bits per heavy atom. The molecule has 5 rings (SSSR count). The second-order valence-electron chi connectivity index (χ2n) is 13.0. The van der Waals surface area contributed by atoms with E-state index >= 15 is 0 Å². The van der Waals surface area contributed by atoms with E-state index in [4.69, 9.17) is 0 Å². The molecule has 4 aliphatic carbocycles. The van der Waals surface area contributed by atoms with Crippen LogP contribution in [0.15, 0.2) is 11.6 Å². The van der Waals surface area contributed by atoms with Gasteiger partial charge in [-0.25, -0.2) is 0 Å². The van der Waals surface area contributed by atoms with Crippen molar-refractivity contribution in [3.63, 3.8) is 0 Å². The van der Waals surface area contributed by atoms with Crippen LogP contribution in [0.5, 0.6) is 0 Å². The van der Waals surface area contributed by atoms with Gasteiger partial charge in [-0.1, -0.05) is 65.5 Å². The van der Waals surface area contributed by atoms with Crippen LogP contribution >= 0.6 is 23.5 Å². The second kappa shape index (κ2) is 8.58. The Bertz CT molecular complexity index is 689. The predicted octanol–water partition coefficient (Wildman–Crippen LogP) is 9.20. The highest BCUT2D eigenvalue weighted by Crippen LogP contribution is 2.69. The molecule has 2 heteroatoms. The first-order valence-electron chi connectivity index (χ1n) is 13.8. The molecule has 31 heavy (non-hydrogen) atoms. The lowest BCUT2D eigenvalue weighted by Gasteiger charge is -2.59. The summed E-state index contributed by atoms with van der Waals surface area (Å²) in [4.78, 5) is 0. The molecule has 0 radical (unpaired) electrons. The Labute approximate surface area is 201 Å². The Kier molecular flexibility index (Phi) is 6.42. The van der Waals surface area contributed by atoms with Gasteiger partial charge in [0, 0.05) is 11.5 Å². The van der Waals surface area contributed by atoms with E-state index in [1.165, 1.54) is 75.7 Å². The fraction of sp³-hybridized carbons (Fsp3) is 0.931. The largest absolute Gasteiger partial charge is 0.139 e. The van der Waals surface area contributed by atoms with Crippen molar-refractivity contribution in [2.45, 2.75) is 109 Å². The van der Waals surface area contributed by atoms with Crippen molar-refractivity contribution in [2.24, 2.45) is 46.3 Å². The third-order valence-corrected chi connectivity index (χ3v) is 14.5. The number of hydrogen-bond donors (Lipinski definition) is 0. The molecular formula is C29H48S2. The predicted molar refractivity (Wildman–Crippen MR) is 141 cm³/mol. The van der Waals surface area contributed by atoms with Crippen LogP contribution in [0.1, 0.15) is 105 Å². The van der Waals surface area contributed by atoms with Crippen molar-refractivity contribution in [3.05, 3.63) is 11.6 Å². The van der Waals surface area contributed by atoms with Crippen LogP contribution in [0.3, 0.4) is 0 Å². The molecule has 1 saturated heterocycles. The highest BCUT2D eigenvalue weighted by molar-refractivity contribution is 8.21. The van der Waals surface area contributed by atoms with Crippen LogP contribution in [0.4, 0.5) is 0 Å². The highest BCUT2D eigenvalue weighted by Gasteiger charge is 2.60. The molecule has 0 aromatic rings. The van der Waals surface area contributed by atoms with Gasteiger partial charge in [0.1, 0.15) is 0 Å². The summed E-state index contributed by atoms with van der Waals surface area (Å²) in [6.45, 7) is 12.9. The summed E-state index contributed by atoms with van der Waals surface area (Å²) in [7, 11) is 0. The third kappa shape index (κ3) is 3.90. The van der Waals surface area contributed by atoms with Crippen LogP contribution in [0.2, 0.25) is 0 Å². The first-order chi connectivity index (χ1) is 14.8. The van der Waals surface area contributed by atoms with Gasteiger partial charge in [0.25, 0.3) is 0 Å². The quantitative estimate of drug-likeness (QED) is 0.375. The second-order valence-corrected chi connectivity index (χ2v) is 16.2. The third-order valence-electron chi connectivity index (χ3n) is 11.1. The molecule has 1 heterocycles. The highest BCUT2D eigenvalue weighted by atomic mass is 32.2. The molecule has 0 amide bonds. The van der Waals surface area contributed by atoms with E-state index in [-0.39, 0.29) is 0 Å². The SMILES string of the molecule is CC(C)CCCC(C)C1CCC2C3CCC4=CC5(CC[C@]4(C)C3CC[C@]12C)SCCS5. The van der Waals surface area contributed by atoms with Gasteiger partial charge < -0.3 is 0 Å². The molecule has 0 aromatic carbocycles. The summed E-state index contributed by atoms with van der Waals surface area (Å²) < 4.78 is 0.467. The van der Waals surface area contributed by atoms with Crippen molar-refractivity contribution >= 4 is 23.5 Å². The van der Waals surface area contributed by atoms with Crippen LogP contribution < -0.4 is 0 Å². The van der Waals surface area contributed by atoms with Crippen LogP contribution in [-0.2, 0) is 0 Å². The topological polar surface area (TPSA) is 0 Å². The molecule has 5 unspecified atom stereocenters. The van der Waals surface area contributed by atoms with E-state index in [0.29, 0.717) is 14.9 Å². The van der Waals surface area contributed by atoms with Crippen molar-refractivity contribution in [1.82, 2.24) is 0 Å². The zero-order valence-electron chi connectivity index (χ0n) is 21.1. The fourth-order valence-electron chi connectivity index (χ4n) is 9.40. The standard InChI is InChI=1S/C29H48S2/c1-20(2)7-6-8-21(3)24-11-12-25-23-10-9-22-19-29(30-17-18-31-29)16-15-27(22,4)26(23)13-14-28(24,25)5/h19-21,23-26H,6-18H2,1-5H3/t21?,23?,24?,25?,26?,27-,28+/m0/s1. The van der Waals surface area contributed by atoms with E-state index in [1.807, 2.05) is 5.57 Å². The lowest BCUT2D eigenvalue weighted by atomic mass is 9.46. The van der Waals surface area contributed by atoms with E-state index < -0.39 is 0 Å². The van der Waals surface area contributed by atoms with Gasteiger partial charge in [-0.3, -0.25) is 0 Å². The fourth-order valence-corrected chi connectivity index (χ4v) is 12.5. The molecule has 0 bridgehead atoms. The molecule has 176 valence electrons. The van der Waals surface area contributed by atoms with Gasteiger partial charge in [0.2, 0.25) is 0 Å². The Morgan fingerprint density at radius 2 is 1.68 bits per heavy atom. The number of allylic oxidation sites excluding steroid dienone is 1. The number of fused-ring (bicyclic) bond motifs is 5. The molecule has 5 aliphatic rings. The Morgan fingerprint density at radius 1 is 0.903 bits per heavy atom. The average molecular weight is 461 g/mol. The van der Waals surface area contributed by atoms with Gasteiger partial charge in [-0.05, 0) is 97.7 Å². The molecule has 1 aliphatic heterocycles. The number of rotatable bonds is 5. The van der Waals surface area contributed by atoms with Gasteiger partial charge in [0.05, 0.1) is 4.08 Å². The van der Waals surface area contributed by atoms with Crippen molar-refractivity contribution in [3.8, 4) is 0 Å². The smallest absolute Gasteiger partial charge is 0.0795 e. The summed E-state index contributed by atoms with van der Waals surface area (Å²) in [5.74, 6) is 8.56. The molecule has 7 atom stereocenters. The van der Waals surface area contributed by atoms with Crippen LogP contribution in [-0.4, -0.2) is 15.6 Å². The summed E-state index contributed by atoms with van der Waals surface area (Å²) >= 11 is 4.52. The normalized spacial score (nSPS) is 44.6. The van der Waals surface area contributed by atoms with E-state index in [0.717, 1.165) is 35.5 Å². The minimum absolute atomic E-state index is 0.467. The maximum absolute atomic E-state index is 2.82. The summed E-state index contributed by atoms with van der Waals surface area (Å²) in [5, 5.41) is 0. The summed E-state index contributed by atoms with van der Waals surface area (Å²) in [6.07, 6.45) is 19.1. The number of thioether (sulfide) groups is 2. The summed E-state index contributed by atoms with van der Waals surface area (Å²) in [6, 6.07) is 0. The van der Waals surface area contributed by atoms with Crippen LogP contribution in [0, 0.1) is 46.3 Å². The van der Waals surface area contributed by atoms with Gasteiger partial charge in [0.15, 0.2) is 0 Å². The molecule has 0 N–H and O–H groups in total. The molecule has 1 spiro atoms. The maximum atomic E-state index is 2.82. The van der Waals surface area contributed by atoms with E-state index in [1.54, 1.807) is 6.42 Å². The van der Waals surface area contributed by atoms with Gasteiger partial charge in [-0.2, -0.15) is 0 Å². The molecular weight excluding hydrogens is 412 g/mol. The van der Waals surface area contributed by atoms with Gasteiger partial charge in [-0.15, -0.1) is 23.5 Å². The first kappa shape index (κ1) is 23.2. The molecule has 0 nitrogen and oxygen atoms in total. The summed E-state index contributed by atoms with van der Waals surface area (Å²) in [5.41, 5.74) is 3.06. The van der Waals surface area contributed by atoms with Crippen molar-refractivity contribution < 1.29 is 0 Å². The van der Waals surface area contributed by atoms with Crippen LogP contribution in [0.25, 0.3) is 0 Å². The zero-order valence-corrected chi connectivity index (χ0v) is 22.7. The first-order valence-corrected chi connectivity index (χ1v) is 15.7. The van der Waals surface area contributed by atoms with Gasteiger partial charge >= 0.3 is 0 Å². The monoisotopic (exact) mass is 460 g/mol. The average Bonchev–Trinajstić information content (AvgIpc) is 3.32. The lowest BCUT2D eigenvalue weighted by molar-refractivity contribution is -0.0593. The minimum Gasteiger partial charge on any atom is -0.139 e. The molecule has 4 fully saturated rings. The van der Waals surface area contributed by atoms with Crippen molar-refractivity contribution in [2.75, 3.05) is 11.5 Å². The van der Waals surface area contributed by atoms with Crippen molar-refractivity contribution in [1.29, 1.82) is 0 Å².